The van der Waals surface area contributed by atoms with Gasteiger partial charge >= 0.3 is 0 Å². The van der Waals surface area contributed by atoms with Gasteiger partial charge in [0.2, 0.25) is 5.91 Å². The Kier molecular flexibility index (Phi) is 3.92. The molecule has 1 aromatic heterocycles. The summed E-state index contributed by atoms with van der Waals surface area (Å²) in [4.78, 5) is 20.3. The third kappa shape index (κ3) is 3.01. The summed E-state index contributed by atoms with van der Waals surface area (Å²) in [5.74, 6) is 0.244. The number of alkyl halides is 1. The zero-order valence-corrected chi connectivity index (χ0v) is 12.7. The van der Waals surface area contributed by atoms with Gasteiger partial charge in [0.25, 0.3) is 0 Å². The Hall–Kier alpha value is -0.680. The highest BCUT2D eigenvalue weighted by atomic mass is 79.9. The largest absolute Gasteiger partial charge is 0.344 e. The summed E-state index contributed by atoms with van der Waals surface area (Å²) in [5.41, 5.74) is 1.18. The van der Waals surface area contributed by atoms with Crippen molar-refractivity contribution < 1.29 is 4.79 Å². The minimum atomic E-state index is -0.566. The fraction of sp³-hybridized carbons (Fsp3) is 0.583. The van der Waals surface area contributed by atoms with Crippen LogP contribution in [0.15, 0.2) is 10.8 Å². The maximum Gasteiger partial charge on any atom is 0.235 e. The zero-order valence-electron chi connectivity index (χ0n) is 10.3. The minimum absolute atomic E-state index is 0.0527. The van der Waals surface area contributed by atoms with Crippen LogP contribution in [0.5, 0.6) is 0 Å². The van der Waals surface area contributed by atoms with Gasteiger partial charge < -0.3 is 5.32 Å². The first-order valence-electron chi connectivity index (χ1n) is 5.84. The van der Waals surface area contributed by atoms with Gasteiger partial charge in [-0.15, -0.1) is 11.6 Å². The number of halogens is 2. The minimum Gasteiger partial charge on any atom is -0.344 e. The van der Waals surface area contributed by atoms with Crippen molar-refractivity contribution in [2.45, 2.75) is 38.1 Å². The molecule has 2 rings (SSSR count). The molecule has 98 valence electrons. The normalized spacial score (nSPS) is 15.6. The maximum absolute atomic E-state index is 11.4. The van der Waals surface area contributed by atoms with Crippen LogP contribution < -0.4 is 5.32 Å². The fourth-order valence-corrected chi connectivity index (χ4v) is 2.33. The quantitative estimate of drug-likeness (QED) is 0.863. The molecule has 1 saturated carbocycles. The lowest BCUT2D eigenvalue weighted by Crippen LogP contribution is -2.42. The summed E-state index contributed by atoms with van der Waals surface area (Å²) >= 11 is 8.93. The van der Waals surface area contributed by atoms with Crippen molar-refractivity contribution in [2.75, 3.05) is 5.88 Å². The summed E-state index contributed by atoms with van der Waals surface area (Å²) < 4.78 is 0.799. The van der Waals surface area contributed by atoms with E-state index in [2.05, 4.69) is 31.2 Å². The van der Waals surface area contributed by atoms with E-state index in [1.54, 1.807) is 6.20 Å². The Morgan fingerprint density at radius 3 is 2.83 bits per heavy atom. The van der Waals surface area contributed by atoms with Gasteiger partial charge in [-0.2, -0.15) is 0 Å². The van der Waals surface area contributed by atoms with Crippen molar-refractivity contribution in [2.24, 2.45) is 0 Å². The third-order valence-corrected chi connectivity index (χ3v) is 3.78. The summed E-state index contributed by atoms with van der Waals surface area (Å²) in [6.07, 6.45) is 4.00. The molecule has 0 atom stereocenters. The topological polar surface area (TPSA) is 54.9 Å². The van der Waals surface area contributed by atoms with Crippen LogP contribution in [0.1, 0.15) is 44.0 Å². The van der Waals surface area contributed by atoms with Gasteiger partial charge in [0.1, 0.15) is 10.5 Å². The Labute approximate surface area is 120 Å². The van der Waals surface area contributed by atoms with E-state index in [4.69, 9.17) is 11.6 Å². The number of hydrogen-bond acceptors (Lipinski definition) is 3. The van der Waals surface area contributed by atoms with E-state index in [0.717, 1.165) is 28.8 Å². The summed E-state index contributed by atoms with van der Waals surface area (Å²) in [7, 11) is 0. The lowest BCUT2D eigenvalue weighted by molar-refractivity contribution is -0.120. The molecule has 1 aromatic rings. The SMILES string of the molecule is CC(C)(NC(=O)CCl)c1cnc(Br)c(C2CC2)n1. The Balaban J connectivity index is 2.26. The highest BCUT2D eigenvalue weighted by Crippen LogP contribution is 2.42. The molecule has 0 bridgehead atoms. The van der Waals surface area contributed by atoms with Gasteiger partial charge in [-0.3, -0.25) is 9.78 Å². The van der Waals surface area contributed by atoms with E-state index < -0.39 is 5.54 Å². The summed E-state index contributed by atoms with van der Waals surface area (Å²) in [6, 6.07) is 0. The molecule has 1 aliphatic carbocycles. The molecule has 4 nitrogen and oxygen atoms in total. The van der Waals surface area contributed by atoms with Crippen LogP contribution in [0.3, 0.4) is 0 Å². The average Bonchev–Trinajstić information content (AvgIpc) is 3.12. The molecule has 1 aliphatic rings. The van der Waals surface area contributed by atoms with Crippen LogP contribution in [-0.4, -0.2) is 21.8 Å². The van der Waals surface area contributed by atoms with E-state index in [9.17, 15) is 4.79 Å². The molecule has 1 N–H and O–H groups in total. The van der Waals surface area contributed by atoms with Crippen molar-refractivity contribution in [3.63, 3.8) is 0 Å². The molecule has 0 saturated heterocycles. The fourth-order valence-electron chi connectivity index (χ4n) is 1.75. The van der Waals surface area contributed by atoms with E-state index in [1.165, 1.54) is 0 Å². The van der Waals surface area contributed by atoms with Gasteiger partial charge in [0.05, 0.1) is 23.1 Å². The average molecular weight is 333 g/mol. The molecular weight excluding hydrogens is 318 g/mol. The maximum atomic E-state index is 11.4. The van der Waals surface area contributed by atoms with Crippen LogP contribution in [-0.2, 0) is 10.3 Å². The lowest BCUT2D eigenvalue weighted by Gasteiger charge is -2.25. The number of nitrogens with one attached hydrogen (secondary N) is 1. The summed E-state index contributed by atoms with van der Waals surface area (Å²) in [6.45, 7) is 3.79. The molecular formula is C12H15BrClN3O. The molecule has 0 aromatic carbocycles. The van der Waals surface area contributed by atoms with Gasteiger partial charge in [-0.05, 0) is 42.6 Å². The first kappa shape index (κ1) is 13.7. The van der Waals surface area contributed by atoms with E-state index in [1.807, 2.05) is 13.8 Å². The van der Waals surface area contributed by atoms with Crippen molar-refractivity contribution in [3.05, 3.63) is 22.2 Å². The van der Waals surface area contributed by atoms with E-state index >= 15 is 0 Å². The first-order chi connectivity index (χ1) is 8.44. The van der Waals surface area contributed by atoms with Crippen molar-refractivity contribution >= 4 is 33.4 Å². The molecule has 0 aliphatic heterocycles. The molecule has 18 heavy (non-hydrogen) atoms. The van der Waals surface area contributed by atoms with Crippen LogP contribution in [0, 0.1) is 0 Å². The van der Waals surface area contributed by atoms with Crippen molar-refractivity contribution in [1.29, 1.82) is 0 Å². The van der Waals surface area contributed by atoms with E-state index in [-0.39, 0.29) is 11.8 Å². The first-order valence-corrected chi connectivity index (χ1v) is 7.16. The highest BCUT2D eigenvalue weighted by molar-refractivity contribution is 9.10. The molecule has 6 heteroatoms. The number of aromatic nitrogens is 2. The Morgan fingerprint density at radius 2 is 2.28 bits per heavy atom. The second-order valence-corrected chi connectivity index (χ2v) is 6.03. The lowest BCUT2D eigenvalue weighted by atomic mass is 10.0. The number of carbonyl (C=O) groups is 1. The predicted octanol–water partition coefficient (Wildman–Crippen LogP) is 2.71. The molecule has 1 heterocycles. The molecule has 1 amide bonds. The standard InChI is InChI=1S/C12H15BrClN3O/c1-12(2,17-9(18)5-14)8-6-15-11(13)10(16-8)7-3-4-7/h6-7H,3-5H2,1-2H3,(H,17,18). The smallest absolute Gasteiger partial charge is 0.235 e. The van der Waals surface area contributed by atoms with Crippen LogP contribution in [0.4, 0.5) is 0 Å². The Bertz CT molecular complexity index is 474. The number of rotatable bonds is 4. The second-order valence-electron chi connectivity index (χ2n) is 5.01. The predicted molar refractivity (Wildman–Crippen MR) is 73.6 cm³/mol. The third-order valence-electron chi connectivity index (χ3n) is 2.93. The van der Waals surface area contributed by atoms with Crippen molar-refractivity contribution in [1.82, 2.24) is 15.3 Å². The monoisotopic (exact) mass is 331 g/mol. The molecule has 1 fully saturated rings. The number of nitrogens with zero attached hydrogens (tertiary/aromatic N) is 2. The summed E-state index contributed by atoms with van der Waals surface area (Å²) in [5, 5.41) is 2.84. The Morgan fingerprint density at radius 1 is 1.61 bits per heavy atom. The van der Waals surface area contributed by atoms with E-state index in [0.29, 0.717) is 5.92 Å². The van der Waals surface area contributed by atoms with Gasteiger partial charge in [0.15, 0.2) is 0 Å². The molecule has 0 radical (unpaired) electrons. The van der Waals surface area contributed by atoms with Crippen LogP contribution in [0.2, 0.25) is 0 Å². The van der Waals surface area contributed by atoms with Crippen LogP contribution >= 0.6 is 27.5 Å². The van der Waals surface area contributed by atoms with Gasteiger partial charge in [0, 0.05) is 5.92 Å². The van der Waals surface area contributed by atoms with Crippen LogP contribution in [0.25, 0.3) is 0 Å². The zero-order chi connectivity index (χ0) is 13.3. The van der Waals surface area contributed by atoms with Gasteiger partial charge in [-0.25, -0.2) is 4.98 Å². The number of carbonyl (C=O) groups excluding carboxylic acids is 1. The number of amides is 1. The highest BCUT2D eigenvalue weighted by Gasteiger charge is 2.31. The van der Waals surface area contributed by atoms with Gasteiger partial charge in [-0.1, -0.05) is 0 Å². The molecule has 0 unspecified atom stereocenters. The van der Waals surface area contributed by atoms with Crippen molar-refractivity contribution in [3.8, 4) is 0 Å². The second kappa shape index (κ2) is 5.13. The molecule has 0 spiro atoms. The number of hydrogen-bond donors (Lipinski definition) is 1.